The number of hydrogen-bond acceptors (Lipinski definition) is 5. The third-order valence-corrected chi connectivity index (χ3v) is 7.22. The fourth-order valence-electron chi connectivity index (χ4n) is 3.56. The van der Waals surface area contributed by atoms with Gasteiger partial charge in [-0.2, -0.15) is 0 Å². The van der Waals surface area contributed by atoms with Crippen LogP contribution < -0.4 is 9.64 Å². The fraction of sp³-hybridized carbons (Fsp3) is 0.300. The van der Waals surface area contributed by atoms with E-state index in [0.717, 1.165) is 10.2 Å². The van der Waals surface area contributed by atoms with E-state index in [1.807, 2.05) is 4.90 Å². The molecule has 0 bridgehead atoms. The number of aromatic nitrogens is 1. The second-order valence-electron chi connectivity index (χ2n) is 6.78. The number of fused-ring (bicyclic) bond motifs is 1. The number of halogens is 3. The van der Waals surface area contributed by atoms with Crippen molar-refractivity contribution in [1.29, 1.82) is 0 Å². The normalized spacial score (nSPS) is 15.2. The zero-order chi connectivity index (χ0) is 21.5. The molecule has 0 spiro atoms. The molecule has 1 fully saturated rings. The van der Waals surface area contributed by atoms with Crippen molar-refractivity contribution in [2.24, 2.45) is 0 Å². The molecule has 0 amide bonds. The predicted octanol–water partition coefficient (Wildman–Crippen LogP) is 4.42. The van der Waals surface area contributed by atoms with Gasteiger partial charge in [0.25, 0.3) is 16.4 Å². The highest BCUT2D eigenvalue weighted by Gasteiger charge is 2.26. The van der Waals surface area contributed by atoms with Gasteiger partial charge in [-0.1, -0.05) is 22.0 Å². The summed E-state index contributed by atoms with van der Waals surface area (Å²) >= 11 is 3.29. The van der Waals surface area contributed by atoms with E-state index in [2.05, 4.69) is 15.9 Å². The van der Waals surface area contributed by atoms with Crippen LogP contribution in [0.5, 0.6) is 5.75 Å². The van der Waals surface area contributed by atoms with Gasteiger partial charge in [0.05, 0.1) is 36.4 Å². The predicted molar refractivity (Wildman–Crippen MR) is 113 cm³/mol. The number of morpholine rings is 1. The number of alkyl halides is 2. The summed E-state index contributed by atoms with van der Waals surface area (Å²) in [5, 5.41) is 0.193. The molecule has 2 aromatic carbocycles. The van der Waals surface area contributed by atoms with Crippen LogP contribution in [0.25, 0.3) is 10.9 Å². The molecule has 6 nitrogen and oxygen atoms in total. The first-order valence-corrected chi connectivity index (χ1v) is 11.4. The van der Waals surface area contributed by atoms with E-state index in [0.29, 0.717) is 42.2 Å². The highest BCUT2D eigenvalue weighted by Crippen LogP contribution is 2.36. The molecule has 1 saturated heterocycles. The lowest BCUT2D eigenvalue weighted by Crippen LogP contribution is -2.36. The molecule has 0 aliphatic carbocycles. The molecule has 0 N–H and O–H groups in total. The van der Waals surface area contributed by atoms with Gasteiger partial charge >= 0.3 is 0 Å². The maximum Gasteiger partial charge on any atom is 0.268 e. The van der Waals surface area contributed by atoms with Crippen LogP contribution >= 0.6 is 15.9 Å². The van der Waals surface area contributed by atoms with Crippen LogP contribution in [0.3, 0.4) is 0 Å². The van der Waals surface area contributed by atoms with Gasteiger partial charge in [-0.15, -0.1) is 0 Å². The number of hydrogen-bond donors (Lipinski definition) is 0. The number of anilines is 1. The zero-order valence-electron chi connectivity index (χ0n) is 16.0. The first-order valence-electron chi connectivity index (χ1n) is 9.18. The Morgan fingerprint density at radius 1 is 1.13 bits per heavy atom. The highest BCUT2D eigenvalue weighted by atomic mass is 79.9. The Hall–Kier alpha value is -2.17. The summed E-state index contributed by atoms with van der Waals surface area (Å²) in [7, 11) is -2.62. The van der Waals surface area contributed by atoms with Crippen molar-refractivity contribution in [3.05, 3.63) is 52.6 Å². The molecule has 0 unspecified atom stereocenters. The lowest BCUT2D eigenvalue weighted by molar-refractivity contribution is 0.122. The van der Waals surface area contributed by atoms with Crippen molar-refractivity contribution in [3.8, 4) is 5.75 Å². The Morgan fingerprint density at radius 2 is 1.87 bits per heavy atom. The molecule has 10 heteroatoms. The largest absolute Gasteiger partial charge is 0.495 e. The van der Waals surface area contributed by atoms with Crippen LogP contribution in [-0.4, -0.2) is 45.8 Å². The number of methoxy groups -OCH3 is 1. The van der Waals surface area contributed by atoms with Crippen LogP contribution in [0.2, 0.25) is 0 Å². The highest BCUT2D eigenvalue weighted by molar-refractivity contribution is 9.10. The lowest BCUT2D eigenvalue weighted by atomic mass is 10.2. The Bertz CT molecular complexity index is 1190. The monoisotopic (exact) mass is 500 g/mol. The van der Waals surface area contributed by atoms with Crippen LogP contribution in [-0.2, 0) is 14.8 Å². The zero-order valence-corrected chi connectivity index (χ0v) is 18.4. The van der Waals surface area contributed by atoms with Gasteiger partial charge in [0.2, 0.25) is 0 Å². The van der Waals surface area contributed by atoms with E-state index in [1.165, 1.54) is 31.4 Å². The van der Waals surface area contributed by atoms with Crippen molar-refractivity contribution < 1.29 is 26.7 Å². The van der Waals surface area contributed by atoms with Gasteiger partial charge in [0.1, 0.15) is 5.75 Å². The molecule has 2 heterocycles. The third kappa shape index (κ3) is 3.67. The molecule has 1 aromatic heterocycles. The van der Waals surface area contributed by atoms with Gasteiger partial charge in [-0.05, 0) is 30.3 Å². The van der Waals surface area contributed by atoms with Crippen molar-refractivity contribution >= 4 is 42.5 Å². The standard InChI is InChI=1S/C20H19BrF2N2O4S/c1-28-19-5-3-14(11-18(19)24-6-8-29-9-7-24)30(26,27)25-12-16(20(22)23)15-4-2-13(21)10-17(15)25/h2-5,10-12,20H,6-9H2,1H3. The summed E-state index contributed by atoms with van der Waals surface area (Å²) < 4.78 is 66.3. The van der Waals surface area contributed by atoms with Crippen molar-refractivity contribution in [1.82, 2.24) is 3.97 Å². The number of nitrogens with zero attached hydrogens (tertiary/aromatic N) is 2. The van der Waals surface area contributed by atoms with Crippen LogP contribution in [0.1, 0.15) is 12.0 Å². The smallest absolute Gasteiger partial charge is 0.268 e. The molecule has 3 aromatic rings. The minimum Gasteiger partial charge on any atom is -0.495 e. The molecule has 1 aliphatic rings. The Morgan fingerprint density at radius 3 is 2.53 bits per heavy atom. The number of benzene rings is 2. The van der Waals surface area contributed by atoms with Crippen molar-refractivity contribution in [2.45, 2.75) is 11.3 Å². The second-order valence-corrected chi connectivity index (χ2v) is 9.51. The SMILES string of the molecule is COc1ccc(S(=O)(=O)n2cc(C(F)F)c3ccc(Br)cc32)cc1N1CCOCC1. The number of ether oxygens (including phenoxy) is 2. The molecule has 1 aliphatic heterocycles. The molecule has 0 saturated carbocycles. The third-order valence-electron chi connectivity index (χ3n) is 5.06. The van der Waals surface area contributed by atoms with Crippen molar-refractivity contribution in [2.75, 3.05) is 38.3 Å². The summed E-state index contributed by atoms with van der Waals surface area (Å²) in [5.41, 5.74) is 0.472. The summed E-state index contributed by atoms with van der Waals surface area (Å²) in [6.45, 7) is 2.23. The minimum atomic E-state index is -4.13. The molecule has 4 rings (SSSR count). The maximum absolute atomic E-state index is 13.6. The molecule has 160 valence electrons. The Labute approximate surface area is 181 Å². The van der Waals surface area contributed by atoms with Crippen LogP contribution in [0, 0.1) is 0 Å². The summed E-state index contributed by atoms with van der Waals surface area (Å²) in [6, 6.07) is 9.13. The molecule has 0 radical (unpaired) electrons. The fourth-order valence-corrected chi connectivity index (χ4v) is 5.30. The van der Waals surface area contributed by atoms with E-state index in [1.54, 1.807) is 12.1 Å². The first kappa shape index (κ1) is 21.1. The maximum atomic E-state index is 13.6. The van der Waals surface area contributed by atoms with Gasteiger partial charge in [-0.25, -0.2) is 21.2 Å². The van der Waals surface area contributed by atoms with E-state index in [9.17, 15) is 17.2 Å². The van der Waals surface area contributed by atoms with Gasteiger partial charge in [0, 0.05) is 34.7 Å². The van der Waals surface area contributed by atoms with Crippen LogP contribution in [0.4, 0.5) is 14.5 Å². The quantitative estimate of drug-likeness (QED) is 0.518. The summed E-state index contributed by atoms with van der Waals surface area (Å²) in [6.07, 6.45) is -1.81. The van der Waals surface area contributed by atoms with E-state index >= 15 is 0 Å². The van der Waals surface area contributed by atoms with Gasteiger partial charge in [-0.3, -0.25) is 0 Å². The van der Waals surface area contributed by atoms with E-state index < -0.39 is 16.4 Å². The topological polar surface area (TPSA) is 60.8 Å². The molecule has 0 atom stereocenters. The molecular formula is C20H19BrF2N2O4S. The first-order chi connectivity index (χ1) is 14.3. The lowest BCUT2D eigenvalue weighted by Gasteiger charge is -2.30. The van der Waals surface area contributed by atoms with Crippen molar-refractivity contribution in [3.63, 3.8) is 0 Å². The van der Waals surface area contributed by atoms with E-state index in [4.69, 9.17) is 9.47 Å². The summed E-state index contributed by atoms with van der Waals surface area (Å²) in [5.74, 6) is 0.532. The van der Waals surface area contributed by atoms with Gasteiger partial charge < -0.3 is 14.4 Å². The summed E-state index contributed by atoms with van der Waals surface area (Å²) in [4.78, 5) is 1.97. The molecule has 30 heavy (non-hydrogen) atoms. The Balaban J connectivity index is 1.87. The van der Waals surface area contributed by atoms with Crippen LogP contribution in [0.15, 0.2) is 52.0 Å². The second kappa shape index (κ2) is 8.16. The average Bonchev–Trinajstić information content (AvgIpc) is 3.13. The minimum absolute atomic E-state index is 0.0116. The van der Waals surface area contributed by atoms with Gasteiger partial charge in [0.15, 0.2) is 0 Å². The Kier molecular flexibility index (Phi) is 5.73. The molecular weight excluding hydrogens is 482 g/mol. The number of rotatable bonds is 5. The average molecular weight is 501 g/mol. The van der Waals surface area contributed by atoms with E-state index in [-0.39, 0.29) is 21.4 Å².